The van der Waals surface area contributed by atoms with Crippen LogP contribution in [-0.2, 0) is 14.3 Å². The zero-order chi connectivity index (χ0) is 10.8. The van der Waals surface area contributed by atoms with Crippen molar-refractivity contribution in [3.63, 3.8) is 0 Å². The van der Waals surface area contributed by atoms with Gasteiger partial charge in [-0.3, -0.25) is 0 Å². The summed E-state index contributed by atoms with van der Waals surface area (Å²) in [6.07, 6.45) is 4.25. The van der Waals surface area contributed by atoms with E-state index in [2.05, 4.69) is 9.98 Å². The zero-order valence-corrected chi connectivity index (χ0v) is 8.40. The van der Waals surface area contributed by atoms with E-state index >= 15 is 0 Å². The lowest BCUT2D eigenvalue weighted by atomic mass is 10.1. The minimum absolute atomic E-state index is 0.127. The maximum atomic E-state index is 9.99. The summed E-state index contributed by atoms with van der Waals surface area (Å²) in [5.41, 5.74) is 0. The Morgan fingerprint density at radius 3 is 2.57 bits per heavy atom. The number of carbonyl (C=O) groups excluding carboxylic acids is 2. The smallest absolute Gasteiger partial charge is 0.235 e. The van der Waals surface area contributed by atoms with Crippen LogP contribution in [0.1, 0.15) is 19.8 Å². The van der Waals surface area contributed by atoms with Crippen molar-refractivity contribution >= 4 is 12.2 Å². The van der Waals surface area contributed by atoms with Gasteiger partial charge in [0.05, 0.1) is 18.7 Å². The van der Waals surface area contributed by atoms with Gasteiger partial charge < -0.3 is 4.74 Å². The second-order valence-electron chi connectivity index (χ2n) is 2.85. The van der Waals surface area contributed by atoms with Gasteiger partial charge in [-0.05, 0) is 19.8 Å². The molecule has 0 aromatic carbocycles. The Morgan fingerprint density at radius 1 is 1.36 bits per heavy atom. The highest BCUT2D eigenvalue weighted by atomic mass is 16.5. The maximum absolute atomic E-state index is 9.99. The third kappa shape index (κ3) is 5.38. The van der Waals surface area contributed by atoms with Crippen molar-refractivity contribution in [3.05, 3.63) is 0 Å². The third-order valence-corrected chi connectivity index (χ3v) is 1.92. The lowest BCUT2D eigenvalue weighted by molar-refractivity contribution is 0.0776. The molecule has 0 aromatic rings. The first-order valence-corrected chi connectivity index (χ1v) is 4.39. The van der Waals surface area contributed by atoms with Crippen LogP contribution in [0.25, 0.3) is 0 Å². The van der Waals surface area contributed by atoms with Gasteiger partial charge in [0.2, 0.25) is 12.2 Å². The van der Waals surface area contributed by atoms with Crippen molar-refractivity contribution in [2.24, 2.45) is 9.98 Å². The molecule has 5 heteroatoms. The molecule has 0 aliphatic heterocycles. The van der Waals surface area contributed by atoms with E-state index in [4.69, 9.17) is 4.74 Å². The molecule has 0 heterocycles. The molecule has 2 atom stereocenters. The predicted molar refractivity (Wildman–Crippen MR) is 50.6 cm³/mol. The molecule has 0 bridgehead atoms. The molecule has 0 saturated carbocycles. The van der Waals surface area contributed by atoms with Gasteiger partial charge >= 0.3 is 0 Å². The SMILES string of the molecule is COC(CCCN=C=O)C(C)N=C=O. The van der Waals surface area contributed by atoms with Crippen molar-refractivity contribution in [2.45, 2.75) is 31.9 Å². The van der Waals surface area contributed by atoms with E-state index in [-0.39, 0.29) is 12.1 Å². The molecule has 2 unspecified atom stereocenters. The topological polar surface area (TPSA) is 68.1 Å². The molecule has 78 valence electrons. The third-order valence-electron chi connectivity index (χ3n) is 1.92. The van der Waals surface area contributed by atoms with Crippen molar-refractivity contribution < 1.29 is 14.3 Å². The van der Waals surface area contributed by atoms with E-state index in [1.54, 1.807) is 14.0 Å². The Morgan fingerprint density at radius 2 is 2.07 bits per heavy atom. The monoisotopic (exact) mass is 198 g/mol. The summed E-state index contributed by atoms with van der Waals surface area (Å²) < 4.78 is 5.13. The Kier molecular flexibility index (Phi) is 7.56. The fourth-order valence-corrected chi connectivity index (χ4v) is 1.14. The van der Waals surface area contributed by atoms with Gasteiger partial charge in [-0.25, -0.2) is 19.6 Å². The molecule has 5 nitrogen and oxygen atoms in total. The normalized spacial score (nSPS) is 13.6. The summed E-state index contributed by atoms with van der Waals surface area (Å²) in [6.45, 7) is 2.21. The molecule has 0 aliphatic rings. The van der Waals surface area contributed by atoms with Gasteiger partial charge in [0, 0.05) is 7.11 Å². The van der Waals surface area contributed by atoms with Gasteiger partial charge in [0.1, 0.15) is 0 Å². The van der Waals surface area contributed by atoms with E-state index < -0.39 is 0 Å². The number of methoxy groups -OCH3 is 1. The van der Waals surface area contributed by atoms with Gasteiger partial charge in [0.25, 0.3) is 0 Å². The molecule has 14 heavy (non-hydrogen) atoms. The maximum Gasteiger partial charge on any atom is 0.235 e. The summed E-state index contributed by atoms with van der Waals surface area (Å²) in [6, 6.07) is -0.210. The van der Waals surface area contributed by atoms with Crippen LogP contribution >= 0.6 is 0 Å². The molecule has 0 amide bonds. The van der Waals surface area contributed by atoms with E-state index in [1.165, 1.54) is 12.2 Å². The van der Waals surface area contributed by atoms with Crippen LogP contribution < -0.4 is 0 Å². The molecule has 0 aliphatic carbocycles. The van der Waals surface area contributed by atoms with Crippen LogP contribution in [0.15, 0.2) is 9.98 Å². The van der Waals surface area contributed by atoms with E-state index in [0.717, 1.165) is 0 Å². The molecule has 0 aromatic heterocycles. The Hall–Kier alpha value is -1.28. The van der Waals surface area contributed by atoms with Crippen molar-refractivity contribution in [3.8, 4) is 0 Å². The fourth-order valence-electron chi connectivity index (χ4n) is 1.14. The Balaban J connectivity index is 3.89. The minimum atomic E-state index is -0.210. The van der Waals surface area contributed by atoms with Gasteiger partial charge in [-0.1, -0.05) is 0 Å². The Bertz CT molecular complexity index is 242. The fraction of sp³-hybridized carbons (Fsp3) is 0.778. The van der Waals surface area contributed by atoms with Crippen molar-refractivity contribution in [2.75, 3.05) is 13.7 Å². The molecular weight excluding hydrogens is 184 g/mol. The molecule has 0 saturated heterocycles. The number of aliphatic imine (C=N–C) groups is 2. The molecular formula is C9H14N2O3. The lowest BCUT2D eigenvalue weighted by Crippen LogP contribution is -2.23. The minimum Gasteiger partial charge on any atom is -0.379 e. The standard InChI is InChI=1S/C9H14N2O3/c1-8(11-7-13)9(14-2)4-3-5-10-6-12/h8-9H,3-5H2,1-2H3. The van der Waals surface area contributed by atoms with Gasteiger partial charge in [0.15, 0.2) is 0 Å². The first kappa shape index (κ1) is 12.7. The summed E-state index contributed by atoms with van der Waals surface area (Å²) in [4.78, 5) is 26.7. The molecule has 0 rings (SSSR count). The largest absolute Gasteiger partial charge is 0.379 e. The molecule has 0 fully saturated rings. The second kappa shape index (κ2) is 8.32. The van der Waals surface area contributed by atoms with E-state index in [9.17, 15) is 9.59 Å². The number of hydrogen-bond acceptors (Lipinski definition) is 5. The number of ether oxygens (including phenoxy) is 1. The van der Waals surface area contributed by atoms with Crippen LogP contribution in [0.4, 0.5) is 0 Å². The molecule has 0 radical (unpaired) electrons. The second-order valence-corrected chi connectivity index (χ2v) is 2.85. The van der Waals surface area contributed by atoms with Crippen LogP contribution in [0.3, 0.4) is 0 Å². The van der Waals surface area contributed by atoms with Gasteiger partial charge in [-0.15, -0.1) is 0 Å². The van der Waals surface area contributed by atoms with E-state index in [1.807, 2.05) is 0 Å². The first-order valence-electron chi connectivity index (χ1n) is 4.39. The summed E-state index contributed by atoms with van der Waals surface area (Å²) in [5, 5.41) is 0. The molecule has 0 N–H and O–H groups in total. The number of rotatable bonds is 7. The van der Waals surface area contributed by atoms with Crippen LogP contribution in [0, 0.1) is 0 Å². The summed E-state index contributed by atoms with van der Waals surface area (Å²) in [7, 11) is 1.56. The highest BCUT2D eigenvalue weighted by molar-refractivity contribution is 5.33. The Labute approximate surface area is 82.9 Å². The van der Waals surface area contributed by atoms with Crippen LogP contribution in [0.2, 0.25) is 0 Å². The number of isocyanates is 2. The first-order chi connectivity index (χ1) is 6.76. The average molecular weight is 198 g/mol. The highest BCUT2D eigenvalue weighted by Crippen LogP contribution is 2.09. The number of hydrogen-bond donors (Lipinski definition) is 0. The van der Waals surface area contributed by atoms with Crippen LogP contribution in [0.5, 0.6) is 0 Å². The van der Waals surface area contributed by atoms with E-state index in [0.29, 0.717) is 19.4 Å². The van der Waals surface area contributed by atoms with Crippen molar-refractivity contribution in [1.29, 1.82) is 0 Å². The molecule has 0 spiro atoms. The predicted octanol–water partition coefficient (Wildman–Crippen LogP) is 0.842. The number of nitrogens with zero attached hydrogens (tertiary/aromatic N) is 2. The van der Waals surface area contributed by atoms with Crippen LogP contribution in [-0.4, -0.2) is 38.0 Å². The summed E-state index contributed by atoms with van der Waals surface area (Å²) in [5.74, 6) is 0. The summed E-state index contributed by atoms with van der Waals surface area (Å²) >= 11 is 0. The average Bonchev–Trinajstić information content (AvgIpc) is 2.18. The zero-order valence-electron chi connectivity index (χ0n) is 8.40. The highest BCUT2D eigenvalue weighted by Gasteiger charge is 2.14. The van der Waals surface area contributed by atoms with Gasteiger partial charge in [-0.2, -0.15) is 0 Å². The lowest BCUT2D eigenvalue weighted by Gasteiger charge is -2.17. The quantitative estimate of drug-likeness (QED) is 0.346. The van der Waals surface area contributed by atoms with Crippen molar-refractivity contribution in [1.82, 2.24) is 0 Å².